The van der Waals surface area contributed by atoms with Gasteiger partial charge < -0.3 is 10.2 Å². The van der Waals surface area contributed by atoms with Crippen LogP contribution < -0.4 is 15.1 Å². The van der Waals surface area contributed by atoms with Gasteiger partial charge in [-0.3, -0.25) is 9.69 Å². The summed E-state index contributed by atoms with van der Waals surface area (Å²) in [6.45, 7) is 0.369. The van der Waals surface area contributed by atoms with Crippen molar-refractivity contribution in [1.29, 1.82) is 0 Å². The Balaban J connectivity index is 1.59. The van der Waals surface area contributed by atoms with Crippen LogP contribution in [-0.4, -0.2) is 22.9 Å². The van der Waals surface area contributed by atoms with Crippen LogP contribution in [0.2, 0.25) is 5.02 Å². The van der Waals surface area contributed by atoms with E-state index in [0.29, 0.717) is 34.6 Å². The molecule has 0 bridgehead atoms. The molecule has 1 aliphatic rings. The van der Waals surface area contributed by atoms with Crippen LogP contribution in [0.5, 0.6) is 0 Å². The molecule has 1 aromatic heterocycles. The Kier molecular flexibility index (Phi) is 5.74. The third kappa shape index (κ3) is 4.29. The Morgan fingerprint density at radius 3 is 2.45 bits per heavy atom. The van der Waals surface area contributed by atoms with E-state index in [1.54, 1.807) is 11.1 Å². The molecule has 33 heavy (non-hydrogen) atoms. The van der Waals surface area contributed by atoms with Gasteiger partial charge >= 0.3 is 0 Å². The Bertz CT molecular complexity index is 1330. The SMILES string of the molecule is CN1c2ccccc2C(=O)N(Cc2ccc(Cl)cc2)c2cnc(Nc3ccc(Br)cc3)nc21. The summed E-state index contributed by atoms with van der Waals surface area (Å²) in [6, 6.07) is 22.8. The van der Waals surface area contributed by atoms with E-state index in [-0.39, 0.29) is 5.91 Å². The number of halogens is 2. The molecule has 8 heteroatoms. The first-order valence-corrected chi connectivity index (χ1v) is 11.5. The number of benzene rings is 3. The van der Waals surface area contributed by atoms with Crippen LogP contribution in [0.3, 0.4) is 0 Å². The van der Waals surface area contributed by atoms with Crippen molar-refractivity contribution >= 4 is 62.3 Å². The molecule has 0 unspecified atom stereocenters. The fourth-order valence-electron chi connectivity index (χ4n) is 3.77. The minimum atomic E-state index is -0.108. The molecule has 1 N–H and O–H groups in total. The number of carbonyl (C=O) groups is 1. The highest BCUT2D eigenvalue weighted by atomic mass is 79.9. The molecule has 1 amide bonds. The monoisotopic (exact) mass is 519 g/mol. The number of amides is 1. The number of anilines is 5. The number of rotatable bonds is 4. The third-order valence-corrected chi connectivity index (χ3v) is 6.23. The van der Waals surface area contributed by atoms with Crippen molar-refractivity contribution in [2.75, 3.05) is 22.2 Å². The molecule has 1 aliphatic heterocycles. The van der Waals surface area contributed by atoms with Crippen molar-refractivity contribution in [1.82, 2.24) is 9.97 Å². The van der Waals surface area contributed by atoms with Gasteiger partial charge in [-0.2, -0.15) is 4.98 Å². The van der Waals surface area contributed by atoms with E-state index in [9.17, 15) is 4.79 Å². The zero-order valence-corrected chi connectivity index (χ0v) is 20.0. The molecule has 0 fully saturated rings. The standard InChI is InChI=1S/C25H19BrClN5O/c1-31-21-5-3-2-4-20(21)24(33)32(15-16-6-10-18(27)11-7-16)22-14-28-25(30-23(22)31)29-19-12-8-17(26)9-13-19/h2-14H,15H2,1H3,(H,28,29,30). The topological polar surface area (TPSA) is 61.4 Å². The van der Waals surface area contributed by atoms with Gasteiger partial charge in [-0.05, 0) is 54.1 Å². The number of para-hydroxylation sites is 1. The van der Waals surface area contributed by atoms with Crippen molar-refractivity contribution in [3.05, 3.63) is 99.6 Å². The molecule has 0 aliphatic carbocycles. The van der Waals surface area contributed by atoms with E-state index in [1.165, 1.54) is 0 Å². The van der Waals surface area contributed by atoms with Crippen LogP contribution in [0.25, 0.3) is 0 Å². The average molecular weight is 521 g/mol. The summed E-state index contributed by atoms with van der Waals surface area (Å²) in [5.74, 6) is 0.974. The van der Waals surface area contributed by atoms with Crippen molar-refractivity contribution in [3.63, 3.8) is 0 Å². The summed E-state index contributed by atoms with van der Waals surface area (Å²) in [5.41, 5.74) is 3.85. The predicted octanol–water partition coefficient (Wildman–Crippen LogP) is 6.56. The molecule has 5 rings (SSSR count). The average Bonchev–Trinajstić information content (AvgIpc) is 2.92. The van der Waals surface area contributed by atoms with Crippen LogP contribution in [0.1, 0.15) is 15.9 Å². The first-order chi connectivity index (χ1) is 16.0. The van der Waals surface area contributed by atoms with Gasteiger partial charge in [-0.1, -0.05) is 51.8 Å². The van der Waals surface area contributed by atoms with E-state index in [2.05, 4.69) is 26.2 Å². The van der Waals surface area contributed by atoms with Crippen LogP contribution in [0.15, 0.2) is 83.5 Å². The summed E-state index contributed by atoms with van der Waals surface area (Å²) in [5, 5.41) is 3.89. The normalized spacial score (nSPS) is 12.8. The summed E-state index contributed by atoms with van der Waals surface area (Å²) >= 11 is 9.50. The Labute approximate surface area is 205 Å². The molecule has 2 heterocycles. The third-order valence-electron chi connectivity index (χ3n) is 5.45. The number of nitrogens with one attached hydrogen (secondary N) is 1. The van der Waals surface area contributed by atoms with Gasteiger partial charge in [0.05, 0.1) is 24.0 Å². The maximum absolute atomic E-state index is 13.6. The maximum atomic E-state index is 13.6. The highest BCUT2D eigenvalue weighted by Crippen LogP contribution is 2.39. The molecular formula is C25H19BrClN5O. The smallest absolute Gasteiger partial charge is 0.260 e. The zero-order valence-electron chi connectivity index (χ0n) is 17.7. The van der Waals surface area contributed by atoms with Crippen molar-refractivity contribution < 1.29 is 4.79 Å². The number of nitrogens with zero attached hydrogens (tertiary/aromatic N) is 4. The van der Waals surface area contributed by atoms with E-state index < -0.39 is 0 Å². The minimum Gasteiger partial charge on any atom is -0.327 e. The lowest BCUT2D eigenvalue weighted by atomic mass is 10.1. The number of hydrogen-bond acceptors (Lipinski definition) is 5. The first-order valence-electron chi connectivity index (χ1n) is 10.3. The summed E-state index contributed by atoms with van der Waals surface area (Å²) in [4.78, 5) is 26.6. The van der Waals surface area contributed by atoms with Gasteiger partial charge in [0.15, 0.2) is 5.82 Å². The molecule has 4 aromatic rings. The van der Waals surface area contributed by atoms with E-state index in [0.717, 1.165) is 21.4 Å². The molecule has 0 radical (unpaired) electrons. The van der Waals surface area contributed by atoms with Gasteiger partial charge in [0.1, 0.15) is 5.69 Å². The minimum absolute atomic E-state index is 0.108. The fourth-order valence-corrected chi connectivity index (χ4v) is 4.16. The Morgan fingerprint density at radius 2 is 1.70 bits per heavy atom. The Hall–Kier alpha value is -3.42. The number of aromatic nitrogens is 2. The quantitative estimate of drug-likeness (QED) is 0.330. The lowest BCUT2D eigenvalue weighted by Crippen LogP contribution is -2.30. The van der Waals surface area contributed by atoms with E-state index in [4.69, 9.17) is 16.6 Å². The number of fused-ring (bicyclic) bond motifs is 2. The highest BCUT2D eigenvalue weighted by Gasteiger charge is 2.31. The molecule has 3 aromatic carbocycles. The predicted molar refractivity (Wildman–Crippen MR) is 136 cm³/mol. The first kappa shape index (κ1) is 21.4. The van der Waals surface area contributed by atoms with Gasteiger partial charge in [0, 0.05) is 22.2 Å². The number of hydrogen-bond donors (Lipinski definition) is 1. The van der Waals surface area contributed by atoms with Crippen LogP contribution in [-0.2, 0) is 6.54 Å². The summed E-state index contributed by atoms with van der Waals surface area (Å²) < 4.78 is 0.989. The van der Waals surface area contributed by atoms with Gasteiger partial charge in [-0.15, -0.1) is 0 Å². The summed E-state index contributed by atoms with van der Waals surface area (Å²) in [7, 11) is 1.91. The van der Waals surface area contributed by atoms with Crippen molar-refractivity contribution in [2.24, 2.45) is 0 Å². The number of carbonyl (C=O) groups excluding carboxylic acids is 1. The fraction of sp³-hybridized carbons (Fsp3) is 0.0800. The van der Waals surface area contributed by atoms with Gasteiger partial charge in [0.2, 0.25) is 5.95 Å². The summed E-state index contributed by atoms with van der Waals surface area (Å²) in [6.07, 6.45) is 1.69. The second-order valence-electron chi connectivity index (χ2n) is 7.63. The van der Waals surface area contributed by atoms with Crippen LogP contribution in [0.4, 0.5) is 28.8 Å². The second-order valence-corrected chi connectivity index (χ2v) is 8.98. The van der Waals surface area contributed by atoms with Gasteiger partial charge in [0.25, 0.3) is 5.91 Å². The molecule has 164 valence electrons. The van der Waals surface area contributed by atoms with Crippen LogP contribution in [0, 0.1) is 0 Å². The lowest BCUT2D eigenvalue weighted by Gasteiger charge is -2.24. The largest absolute Gasteiger partial charge is 0.327 e. The molecule has 0 saturated heterocycles. The molecule has 6 nitrogen and oxygen atoms in total. The Morgan fingerprint density at radius 1 is 0.970 bits per heavy atom. The maximum Gasteiger partial charge on any atom is 0.260 e. The molecule has 0 atom stereocenters. The molecule has 0 saturated carbocycles. The van der Waals surface area contributed by atoms with E-state index in [1.807, 2.05) is 84.7 Å². The van der Waals surface area contributed by atoms with E-state index >= 15 is 0 Å². The van der Waals surface area contributed by atoms with Crippen LogP contribution >= 0.6 is 27.5 Å². The molecule has 0 spiro atoms. The highest BCUT2D eigenvalue weighted by molar-refractivity contribution is 9.10. The second kappa shape index (κ2) is 8.84. The van der Waals surface area contributed by atoms with Crippen molar-refractivity contribution in [2.45, 2.75) is 6.54 Å². The lowest BCUT2D eigenvalue weighted by molar-refractivity contribution is 0.0986. The van der Waals surface area contributed by atoms with Gasteiger partial charge in [-0.25, -0.2) is 4.98 Å². The molecular weight excluding hydrogens is 502 g/mol. The van der Waals surface area contributed by atoms with Crippen molar-refractivity contribution in [3.8, 4) is 0 Å². The zero-order chi connectivity index (χ0) is 22.9.